The number of H-pyrrole nitrogens is 1. The van der Waals surface area contributed by atoms with E-state index in [1.54, 1.807) is 6.20 Å². The maximum absolute atomic E-state index is 14.7. The van der Waals surface area contributed by atoms with Crippen molar-refractivity contribution in [2.45, 2.75) is 33.0 Å². The summed E-state index contributed by atoms with van der Waals surface area (Å²) >= 11 is 0. The van der Waals surface area contributed by atoms with Crippen molar-refractivity contribution in [1.29, 1.82) is 0 Å². The molecule has 0 fully saturated rings. The molecule has 0 spiro atoms. The first-order chi connectivity index (χ1) is 13.6. The van der Waals surface area contributed by atoms with E-state index in [0.717, 1.165) is 0 Å². The van der Waals surface area contributed by atoms with Gasteiger partial charge in [-0.2, -0.15) is 18.2 Å². The van der Waals surface area contributed by atoms with E-state index in [2.05, 4.69) is 25.3 Å². The topological polar surface area (TPSA) is 71.4 Å². The van der Waals surface area contributed by atoms with Crippen LogP contribution in [-0.4, -0.2) is 37.2 Å². The average Bonchev–Trinajstić information content (AvgIpc) is 3.19. The first kappa shape index (κ1) is 19.2. The summed E-state index contributed by atoms with van der Waals surface area (Å²) in [6, 6.07) is 3.33. The molecule has 0 aliphatic rings. The number of fused-ring (bicyclic) bond motifs is 2. The summed E-state index contributed by atoms with van der Waals surface area (Å²) in [6.07, 6.45) is -1.32. The molecule has 3 aromatic heterocycles. The number of aryl methyl sites for hydroxylation is 1. The van der Waals surface area contributed by atoms with E-state index in [9.17, 15) is 17.6 Å². The van der Waals surface area contributed by atoms with Crippen molar-refractivity contribution < 1.29 is 17.6 Å². The third-order valence-corrected chi connectivity index (χ3v) is 4.63. The van der Waals surface area contributed by atoms with Crippen LogP contribution in [0.3, 0.4) is 0 Å². The molecular weight excluding hydrogens is 388 g/mol. The van der Waals surface area contributed by atoms with Crippen LogP contribution in [0.25, 0.3) is 33.2 Å². The first-order valence-electron chi connectivity index (χ1n) is 8.97. The van der Waals surface area contributed by atoms with Gasteiger partial charge >= 0.3 is 6.18 Å². The SMILES string of the molecule is Cc1nc2c(F)cc(-c3c[nH]c4nc(NCC(F)(F)F)ncc34)cc2n1C(C)C. The molecule has 0 bridgehead atoms. The lowest BCUT2D eigenvalue weighted by molar-refractivity contribution is -0.115. The van der Waals surface area contributed by atoms with Crippen molar-refractivity contribution in [2.24, 2.45) is 0 Å². The average molecular weight is 406 g/mol. The second-order valence-corrected chi connectivity index (χ2v) is 7.08. The van der Waals surface area contributed by atoms with Crippen molar-refractivity contribution in [3.63, 3.8) is 0 Å². The van der Waals surface area contributed by atoms with E-state index in [1.165, 1.54) is 12.3 Å². The zero-order valence-electron chi connectivity index (χ0n) is 15.9. The van der Waals surface area contributed by atoms with Crippen LogP contribution >= 0.6 is 0 Å². The Bertz CT molecular complexity index is 1210. The molecule has 0 amide bonds. The van der Waals surface area contributed by atoms with E-state index in [0.29, 0.717) is 39.0 Å². The second kappa shape index (κ2) is 6.71. The molecule has 0 radical (unpaired) electrons. The number of nitrogens with one attached hydrogen (secondary N) is 2. The highest BCUT2D eigenvalue weighted by Crippen LogP contribution is 2.33. The monoisotopic (exact) mass is 406 g/mol. The first-order valence-corrected chi connectivity index (χ1v) is 8.97. The highest BCUT2D eigenvalue weighted by atomic mass is 19.4. The van der Waals surface area contributed by atoms with Crippen molar-refractivity contribution in [1.82, 2.24) is 24.5 Å². The Kier molecular flexibility index (Phi) is 4.44. The molecule has 0 aliphatic carbocycles. The predicted molar refractivity (Wildman–Crippen MR) is 102 cm³/mol. The number of imidazole rings is 1. The van der Waals surface area contributed by atoms with E-state index >= 15 is 0 Å². The number of aromatic amines is 1. The minimum Gasteiger partial charge on any atom is -0.345 e. The van der Waals surface area contributed by atoms with Crippen LogP contribution in [0.5, 0.6) is 0 Å². The highest BCUT2D eigenvalue weighted by molar-refractivity contribution is 5.96. The summed E-state index contributed by atoms with van der Waals surface area (Å²) in [5.74, 6) is 0.130. The molecule has 10 heteroatoms. The number of anilines is 1. The van der Waals surface area contributed by atoms with Crippen LogP contribution < -0.4 is 5.32 Å². The predicted octanol–water partition coefficient (Wildman–Crippen LogP) is 4.98. The van der Waals surface area contributed by atoms with E-state index in [1.807, 2.05) is 31.4 Å². The van der Waals surface area contributed by atoms with Crippen molar-refractivity contribution >= 4 is 28.0 Å². The summed E-state index contributed by atoms with van der Waals surface area (Å²) in [5, 5.41) is 2.72. The summed E-state index contributed by atoms with van der Waals surface area (Å²) in [6.45, 7) is 4.59. The molecule has 0 unspecified atom stereocenters. The lowest BCUT2D eigenvalue weighted by Crippen LogP contribution is -2.22. The lowest BCUT2D eigenvalue weighted by atomic mass is 10.1. The number of nitrogens with zero attached hydrogens (tertiary/aromatic N) is 4. The van der Waals surface area contributed by atoms with E-state index < -0.39 is 18.5 Å². The van der Waals surface area contributed by atoms with Gasteiger partial charge in [0.1, 0.15) is 23.5 Å². The minimum atomic E-state index is -4.37. The van der Waals surface area contributed by atoms with Gasteiger partial charge in [0.05, 0.1) is 5.52 Å². The van der Waals surface area contributed by atoms with Crippen molar-refractivity contribution in [3.8, 4) is 11.1 Å². The number of aromatic nitrogens is 5. The number of benzene rings is 1. The molecule has 152 valence electrons. The fourth-order valence-corrected chi connectivity index (χ4v) is 3.49. The number of hydrogen-bond acceptors (Lipinski definition) is 4. The molecule has 4 rings (SSSR count). The number of hydrogen-bond donors (Lipinski definition) is 2. The molecule has 0 aliphatic heterocycles. The molecule has 0 saturated carbocycles. The number of alkyl halides is 3. The normalized spacial score (nSPS) is 12.4. The van der Waals surface area contributed by atoms with Gasteiger partial charge in [-0.25, -0.2) is 14.4 Å². The third-order valence-electron chi connectivity index (χ3n) is 4.63. The van der Waals surface area contributed by atoms with Crippen LogP contribution in [0, 0.1) is 12.7 Å². The fourth-order valence-electron chi connectivity index (χ4n) is 3.49. The molecule has 2 N–H and O–H groups in total. The Hall–Kier alpha value is -3.17. The summed E-state index contributed by atoms with van der Waals surface area (Å²) in [7, 11) is 0. The molecule has 29 heavy (non-hydrogen) atoms. The Morgan fingerprint density at radius 2 is 1.97 bits per heavy atom. The zero-order valence-corrected chi connectivity index (χ0v) is 15.9. The molecule has 1 aromatic carbocycles. The quantitative estimate of drug-likeness (QED) is 0.469. The Morgan fingerprint density at radius 1 is 1.21 bits per heavy atom. The molecule has 0 atom stereocenters. The van der Waals surface area contributed by atoms with Gasteiger partial charge in [0.25, 0.3) is 0 Å². The minimum absolute atomic E-state index is 0.100. The van der Waals surface area contributed by atoms with Gasteiger partial charge in [-0.3, -0.25) is 0 Å². The van der Waals surface area contributed by atoms with Crippen molar-refractivity contribution in [3.05, 3.63) is 36.2 Å². The number of rotatable bonds is 4. The summed E-state index contributed by atoms with van der Waals surface area (Å²) < 4.78 is 53.8. The maximum Gasteiger partial charge on any atom is 0.405 e. The Labute approximate surface area is 163 Å². The smallest absolute Gasteiger partial charge is 0.345 e. The van der Waals surface area contributed by atoms with E-state index in [4.69, 9.17) is 0 Å². The number of halogens is 4. The van der Waals surface area contributed by atoms with Crippen LogP contribution in [0.4, 0.5) is 23.5 Å². The molecular formula is C19H18F4N6. The van der Waals surface area contributed by atoms with Gasteiger partial charge in [-0.05, 0) is 38.5 Å². The maximum atomic E-state index is 14.7. The molecule has 6 nitrogen and oxygen atoms in total. The van der Waals surface area contributed by atoms with Gasteiger partial charge in [0.15, 0.2) is 5.82 Å². The molecule has 3 heterocycles. The van der Waals surface area contributed by atoms with Gasteiger partial charge in [-0.15, -0.1) is 0 Å². The Balaban J connectivity index is 1.78. The van der Waals surface area contributed by atoms with Crippen LogP contribution in [0.1, 0.15) is 25.7 Å². The summed E-state index contributed by atoms with van der Waals surface area (Å²) in [4.78, 5) is 15.3. The lowest BCUT2D eigenvalue weighted by Gasteiger charge is -2.11. The van der Waals surface area contributed by atoms with E-state index in [-0.39, 0.29) is 12.0 Å². The van der Waals surface area contributed by atoms with Crippen LogP contribution in [0.2, 0.25) is 0 Å². The largest absolute Gasteiger partial charge is 0.405 e. The van der Waals surface area contributed by atoms with Gasteiger partial charge in [-0.1, -0.05) is 0 Å². The van der Waals surface area contributed by atoms with Crippen LogP contribution in [-0.2, 0) is 0 Å². The summed E-state index contributed by atoms with van der Waals surface area (Å²) in [5.41, 5.74) is 2.58. The fraction of sp³-hybridized carbons (Fsp3) is 0.316. The molecule has 4 aromatic rings. The Morgan fingerprint density at radius 3 is 2.66 bits per heavy atom. The second-order valence-electron chi connectivity index (χ2n) is 7.08. The van der Waals surface area contributed by atoms with Gasteiger partial charge < -0.3 is 14.9 Å². The zero-order chi connectivity index (χ0) is 20.9. The van der Waals surface area contributed by atoms with Gasteiger partial charge in [0.2, 0.25) is 5.95 Å². The molecule has 0 saturated heterocycles. The van der Waals surface area contributed by atoms with Gasteiger partial charge in [0, 0.05) is 29.4 Å². The third kappa shape index (κ3) is 3.50. The van der Waals surface area contributed by atoms with Crippen LogP contribution in [0.15, 0.2) is 24.5 Å². The highest BCUT2D eigenvalue weighted by Gasteiger charge is 2.27. The van der Waals surface area contributed by atoms with Crippen molar-refractivity contribution in [2.75, 3.05) is 11.9 Å². The standard InChI is InChI=1S/C19H18F4N6/c1-9(2)29-10(3)27-16-14(20)4-11(5-15(16)29)12-6-24-17-13(12)7-25-18(28-17)26-8-19(21,22)23/h4-7,9H,8H2,1-3H3,(H2,24,25,26,28).